The van der Waals surface area contributed by atoms with E-state index >= 15 is 0 Å². The molecule has 0 aliphatic rings. The van der Waals surface area contributed by atoms with Gasteiger partial charge in [0.2, 0.25) is 0 Å². The second-order valence-electron chi connectivity index (χ2n) is 0.830. The molecule has 0 rings (SSSR count). The smallest absolute Gasteiger partial charge is 0.229 e. The molecule has 0 aliphatic heterocycles. The van der Waals surface area contributed by atoms with Crippen LogP contribution in [0.25, 0.3) is 0 Å². The molecule has 0 fully saturated rings. The summed E-state index contributed by atoms with van der Waals surface area (Å²) in [5, 5.41) is 0. The van der Waals surface area contributed by atoms with Crippen LogP contribution in [0, 0.1) is 6.42 Å². The molecule has 41 valence electrons. The van der Waals surface area contributed by atoms with Crippen molar-refractivity contribution in [3.63, 3.8) is 0 Å². The quantitative estimate of drug-likeness (QED) is 0.505. The molecular formula is C3H4F3Y-. The van der Waals surface area contributed by atoms with Crippen LogP contribution in [0.15, 0.2) is 0 Å². The summed E-state index contributed by atoms with van der Waals surface area (Å²) in [4.78, 5) is 0. The summed E-state index contributed by atoms with van der Waals surface area (Å²) in [6, 6.07) is 0. The van der Waals surface area contributed by atoms with Gasteiger partial charge in [-0.2, -0.15) is 6.92 Å². The summed E-state index contributed by atoms with van der Waals surface area (Å²) in [7, 11) is 0. The van der Waals surface area contributed by atoms with Gasteiger partial charge in [-0.15, -0.1) is 0 Å². The van der Waals surface area contributed by atoms with Crippen LogP contribution in [0.3, 0.4) is 0 Å². The molecule has 0 saturated heterocycles. The van der Waals surface area contributed by atoms with Crippen molar-refractivity contribution in [3.8, 4) is 0 Å². The third-order valence-electron chi connectivity index (χ3n) is 0.327. The standard InChI is InChI=1S/C3H4F3.Y/c1-2-3(4,5)6;/h2H,1H3;/q-1;. The minimum absolute atomic E-state index is 0. The summed E-state index contributed by atoms with van der Waals surface area (Å²) < 4.78 is 32.2. The Morgan fingerprint density at radius 1 is 1.29 bits per heavy atom. The van der Waals surface area contributed by atoms with E-state index in [0.717, 1.165) is 6.92 Å². The Kier molecular flexibility index (Phi) is 5.93. The Morgan fingerprint density at radius 2 is 1.43 bits per heavy atom. The van der Waals surface area contributed by atoms with E-state index in [4.69, 9.17) is 0 Å². The second-order valence-corrected chi connectivity index (χ2v) is 0.830. The average Bonchev–Trinajstić information content (AvgIpc) is 1.35. The fourth-order valence-electron chi connectivity index (χ4n) is 0. The Balaban J connectivity index is 0. The number of alkyl halides is 3. The topological polar surface area (TPSA) is 0 Å². The van der Waals surface area contributed by atoms with Crippen LogP contribution in [-0.4, -0.2) is 6.18 Å². The third kappa shape index (κ3) is 10.9. The van der Waals surface area contributed by atoms with Gasteiger partial charge >= 0.3 is 0 Å². The number of rotatable bonds is 0. The molecule has 0 saturated carbocycles. The molecule has 0 amide bonds. The average molecular weight is 186 g/mol. The summed E-state index contributed by atoms with van der Waals surface area (Å²) in [6.45, 7) is 0.958. The van der Waals surface area contributed by atoms with E-state index in [2.05, 4.69) is 0 Å². The fourth-order valence-corrected chi connectivity index (χ4v) is 0. The van der Waals surface area contributed by atoms with E-state index < -0.39 is 6.18 Å². The van der Waals surface area contributed by atoms with Gasteiger partial charge in [0.25, 0.3) is 6.18 Å². The summed E-state index contributed by atoms with van der Waals surface area (Å²) in [5.41, 5.74) is 0. The Hall–Kier alpha value is 0.894. The summed E-state index contributed by atoms with van der Waals surface area (Å²) >= 11 is 0. The van der Waals surface area contributed by atoms with Gasteiger partial charge in [-0.05, 0) is 0 Å². The Bertz CT molecular complexity index is 39.9. The van der Waals surface area contributed by atoms with Gasteiger partial charge in [0.05, 0.1) is 0 Å². The van der Waals surface area contributed by atoms with Crippen LogP contribution < -0.4 is 0 Å². The molecule has 7 heavy (non-hydrogen) atoms. The van der Waals surface area contributed by atoms with Crippen molar-refractivity contribution in [2.75, 3.05) is 0 Å². The van der Waals surface area contributed by atoms with Crippen molar-refractivity contribution in [3.05, 3.63) is 6.42 Å². The van der Waals surface area contributed by atoms with Crippen molar-refractivity contribution >= 4 is 0 Å². The van der Waals surface area contributed by atoms with Crippen LogP contribution in [0.2, 0.25) is 0 Å². The van der Waals surface area contributed by atoms with Crippen LogP contribution in [-0.2, 0) is 32.7 Å². The molecule has 0 aliphatic carbocycles. The predicted octanol–water partition coefficient (Wildman–Crippen LogP) is 1.77. The van der Waals surface area contributed by atoms with E-state index in [0.29, 0.717) is 0 Å². The molecule has 0 spiro atoms. The van der Waals surface area contributed by atoms with Gasteiger partial charge in [0.1, 0.15) is 0 Å². The predicted molar refractivity (Wildman–Crippen MR) is 16.0 cm³/mol. The van der Waals surface area contributed by atoms with Gasteiger partial charge in [-0.1, -0.05) is 0 Å². The summed E-state index contributed by atoms with van der Waals surface area (Å²) in [6.07, 6.45) is -3.90. The molecule has 1 radical (unpaired) electrons. The monoisotopic (exact) mass is 186 g/mol. The SMILES string of the molecule is C[CH-]C(F)(F)F.[Y]. The molecule has 0 nitrogen and oxygen atoms in total. The van der Waals surface area contributed by atoms with Crippen LogP contribution in [0.1, 0.15) is 6.92 Å². The van der Waals surface area contributed by atoms with E-state index in [9.17, 15) is 13.2 Å². The van der Waals surface area contributed by atoms with Crippen molar-refractivity contribution < 1.29 is 45.9 Å². The van der Waals surface area contributed by atoms with E-state index in [1.165, 1.54) is 0 Å². The second kappa shape index (κ2) is 3.84. The number of hydrogen-bond donors (Lipinski definition) is 0. The fraction of sp³-hybridized carbons (Fsp3) is 0.667. The van der Waals surface area contributed by atoms with Crippen molar-refractivity contribution in [1.82, 2.24) is 0 Å². The molecule has 0 heterocycles. The molecule has 0 unspecified atom stereocenters. The molecule has 0 aromatic heterocycles. The maximum absolute atomic E-state index is 10.7. The van der Waals surface area contributed by atoms with Gasteiger partial charge in [-0.3, -0.25) is 0 Å². The Morgan fingerprint density at radius 3 is 1.43 bits per heavy atom. The molecule has 0 aromatic carbocycles. The van der Waals surface area contributed by atoms with E-state index in [1.54, 1.807) is 0 Å². The zero-order chi connectivity index (χ0) is 5.21. The molecule has 0 atom stereocenters. The van der Waals surface area contributed by atoms with Gasteiger partial charge in [0, 0.05) is 32.7 Å². The number of hydrogen-bond acceptors (Lipinski definition) is 0. The minimum atomic E-state index is -4.08. The Labute approximate surface area is 65.3 Å². The van der Waals surface area contributed by atoms with Crippen molar-refractivity contribution in [1.29, 1.82) is 0 Å². The molecule has 0 bridgehead atoms. The van der Waals surface area contributed by atoms with Crippen molar-refractivity contribution in [2.45, 2.75) is 13.1 Å². The van der Waals surface area contributed by atoms with Crippen LogP contribution in [0.4, 0.5) is 13.2 Å². The van der Waals surface area contributed by atoms with Crippen molar-refractivity contribution in [2.24, 2.45) is 0 Å². The van der Waals surface area contributed by atoms with E-state index in [-0.39, 0.29) is 39.1 Å². The van der Waals surface area contributed by atoms with Crippen LogP contribution in [0.5, 0.6) is 0 Å². The summed E-state index contributed by atoms with van der Waals surface area (Å²) in [5.74, 6) is 0. The zero-order valence-electron chi connectivity index (χ0n) is 3.79. The van der Waals surface area contributed by atoms with Gasteiger partial charge in [-0.25, -0.2) is 19.6 Å². The van der Waals surface area contributed by atoms with Gasteiger partial charge < -0.3 is 0 Å². The van der Waals surface area contributed by atoms with Gasteiger partial charge in [0.15, 0.2) is 0 Å². The molecule has 0 N–H and O–H groups in total. The molecule has 4 heteroatoms. The first kappa shape index (κ1) is 10.8. The normalized spacial score (nSPS) is 10.3. The number of halogens is 3. The zero-order valence-corrected chi connectivity index (χ0v) is 6.63. The van der Waals surface area contributed by atoms with E-state index in [1.807, 2.05) is 0 Å². The first-order chi connectivity index (χ1) is 2.56. The third-order valence-corrected chi connectivity index (χ3v) is 0.327. The first-order valence-corrected chi connectivity index (χ1v) is 1.43. The largest absolute Gasteiger partial charge is 0.270 e. The van der Waals surface area contributed by atoms with Crippen LogP contribution >= 0.6 is 0 Å². The maximum Gasteiger partial charge on any atom is 0.270 e. The first-order valence-electron chi connectivity index (χ1n) is 1.43. The molecular weight excluding hydrogens is 182 g/mol. The molecule has 0 aromatic rings. The minimum Gasteiger partial charge on any atom is -0.229 e. The maximum atomic E-state index is 10.7.